The van der Waals surface area contributed by atoms with Gasteiger partial charge in [-0.2, -0.15) is 0 Å². The summed E-state index contributed by atoms with van der Waals surface area (Å²) in [5, 5.41) is 2.68. The molecule has 1 heterocycles. The third kappa shape index (κ3) is 6.04. The van der Waals surface area contributed by atoms with E-state index < -0.39 is 6.03 Å². The van der Waals surface area contributed by atoms with Gasteiger partial charge < -0.3 is 20.7 Å². The highest BCUT2D eigenvalue weighted by Crippen LogP contribution is 2.27. The molecule has 2 aromatic rings. The van der Waals surface area contributed by atoms with Crippen LogP contribution in [-0.4, -0.2) is 30.6 Å². The zero-order chi connectivity index (χ0) is 17.5. The van der Waals surface area contributed by atoms with Gasteiger partial charge in [-0.05, 0) is 55.6 Å². The van der Waals surface area contributed by atoms with Gasteiger partial charge in [-0.25, -0.2) is 4.79 Å². The van der Waals surface area contributed by atoms with Crippen molar-refractivity contribution in [1.82, 2.24) is 4.90 Å². The lowest BCUT2D eigenvalue weighted by Gasteiger charge is -2.16. The van der Waals surface area contributed by atoms with E-state index in [4.69, 9.17) is 10.5 Å². The van der Waals surface area contributed by atoms with E-state index in [1.807, 2.05) is 42.5 Å². The SMILES string of the molecule is Br.NC(=O)Nc1cc(CCN2CCCC2)ccc1OCc1ccccc1. The molecule has 1 aliphatic rings. The van der Waals surface area contributed by atoms with E-state index >= 15 is 0 Å². The summed E-state index contributed by atoms with van der Waals surface area (Å²) in [7, 11) is 0. The molecule has 1 aliphatic heterocycles. The number of carbonyl (C=O) groups is 1. The van der Waals surface area contributed by atoms with Crippen LogP contribution in [0.25, 0.3) is 0 Å². The fraction of sp³-hybridized carbons (Fsp3) is 0.350. The first-order valence-corrected chi connectivity index (χ1v) is 8.79. The lowest BCUT2D eigenvalue weighted by molar-refractivity contribution is 0.259. The second-order valence-corrected chi connectivity index (χ2v) is 6.39. The Morgan fingerprint density at radius 3 is 2.50 bits per heavy atom. The molecule has 0 aliphatic carbocycles. The molecule has 5 nitrogen and oxygen atoms in total. The molecule has 3 rings (SSSR count). The maximum Gasteiger partial charge on any atom is 0.316 e. The molecule has 2 amide bonds. The van der Waals surface area contributed by atoms with Gasteiger partial charge in [0, 0.05) is 6.54 Å². The molecule has 140 valence electrons. The summed E-state index contributed by atoms with van der Waals surface area (Å²) in [5.74, 6) is 0.632. The van der Waals surface area contributed by atoms with Crippen LogP contribution in [0.2, 0.25) is 0 Å². The van der Waals surface area contributed by atoms with Crippen molar-refractivity contribution in [2.75, 3.05) is 25.0 Å². The van der Waals surface area contributed by atoms with Crippen LogP contribution in [-0.2, 0) is 13.0 Å². The molecule has 3 N–H and O–H groups in total. The molecular formula is C20H26BrN3O2. The topological polar surface area (TPSA) is 67.6 Å². The largest absolute Gasteiger partial charge is 0.487 e. The van der Waals surface area contributed by atoms with E-state index in [0.717, 1.165) is 18.5 Å². The van der Waals surface area contributed by atoms with Crippen LogP contribution in [0.1, 0.15) is 24.0 Å². The van der Waals surface area contributed by atoms with Crippen molar-refractivity contribution in [2.24, 2.45) is 5.73 Å². The van der Waals surface area contributed by atoms with Crippen LogP contribution < -0.4 is 15.8 Å². The van der Waals surface area contributed by atoms with E-state index in [0.29, 0.717) is 18.0 Å². The van der Waals surface area contributed by atoms with Crippen molar-refractivity contribution in [1.29, 1.82) is 0 Å². The van der Waals surface area contributed by atoms with Gasteiger partial charge in [-0.1, -0.05) is 36.4 Å². The van der Waals surface area contributed by atoms with Crippen molar-refractivity contribution in [3.8, 4) is 5.75 Å². The summed E-state index contributed by atoms with van der Waals surface area (Å²) >= 11 is 0. The molecular weight excluding hydrogens is 394 g/mol. The molecule has 0 bridgehead atoms. The smallest absolute Gasteiger partial charge is 0.316 e. The summed E-state index contributed by atoms with van der Waals surface area (Å²) in [6, 6.07) is 15.3. The van der Waals surface area contributed by atoms with Gasteiger partial charge in [0.05, 0.1) is 5.69 Å². The van der Waals surface area contributed by atoms with Gasteiger partial charge in [-0.3, -0.25) is 0 Å². The molecule has 2 aromatic carbocycles. The van der Waals surface area contributed by atoms with Crippen molar-refractivity contribution in [3.63, 3.8) is 0 Å². The Hall–Kier alpha value is -2.05. The predicted octanol–water partition coefficient (Wildman–Crippen LogP) is 3.97. The van der Waals surface area contributed by atoms with E-state index in [1.54, 1.807) is 0 Å². The van der Waals surface area contributed by atoms with E-state index in [1.165, 1.54) is 31.5 Å². The number of nitrogens with one attached hydrogen (secondary N) is 1. The molecule has 6 heteroatoms. The van der Waals surface area contributed by atoms with Crippen molar-refractivity contribution >= 4 is 28.7 Å². The number of primary amides is 1. The number of ether oxygens (including phenoxy) is 1. The third-order valence-electron chi connectivity index (χ3n) is 4.45. The summed E-state index contributed by atoms with van der Waals surface area (Å²) in [4.78, 5) is 13.8. The van der Waals surface area contributed by atoms with Crippen LogP contribution in [0, 0.1) is 0 Å². The van der Waals surface area contributed by atoms with Gasteiger partial charge in [0.1, 0.15) is 12.4 Å². The highest BCUT2D eigenvalue weighted by atomic mass is 79.9. The summed E-state index contributed by atoms with van der Waals surface area (Å²) < 4.78 is 5.88. The van der Waals surface area contributed by atoms with Crippen LogP contribution in [0.5, 0.6) is 5.75 Å². The number of hydrogen-bond donors (Lipinski definition) is 2. The Bertz CT molecular complexity index is 703. The number of benzene rings is 2. The fourth-order valence-corrected chi connectivity index (χ4v) is 3.12. The number of rotatable bonds is 7. The zero-order valence-electron chi connectivity index (χ0n) is 14.8. The Balaban J connectivity index is 0.00000243. The number of anilines is 1. The van der Waals surface area contributed by atoms with Crippen molar-refractivity contribution < 1.29 is 9.53 Å². The van der Waals surface area contributed by atoms with Gasteiger partial charge in [0.2, 0.25) is 0 Å². The van der Waals surface area contributed by atoms with Gasteiger partial charge in [0.15, 0.2) is 0 Å². The van der Waals surface area contributed by atoms with E-state index in [-0.39, 0.29) is 17.0 Å². The average molecular weight is 420 g/mol. The summed E-state index contributed by atoms with van der Waals surface area (Å²) in [6.45, 7) is 3.86. The maximum absolute atomic E-state index is 11.3. The molecule has 0 unspecified atom stereocenters. The number of hydrogen-bond acceptors (Lipinski definition) is 3. The summed E-state index contributed by atoms with van der Waals surface area (Å²) in [5.41, 5.74) is 8.18. The molecule has 0 saturated carbocycles. The lowest BCUT2D eigenvalue weighted by atomic mass is 10.1. The monoisotopic (exact) mass is 419 g/mol. The number of nitrogens with two attached hydrogens (primary N) is 1. The lowest BCUT2D eigenvalue weighted by Crippen LogP contribution is -2.22. The maximum atomic E-state index is 11.3. The first-order chi connectivity index (χ1) is 12.2. The fourth-order valence-electron chi connectivity index (χ4n) is 3.12. The minimum atomic E-state index is -0.582. The van der Waals surface area contributed by atoms with Gasteiger partial charge in [-0.15, -0.1) is 17.0 Å². The van der Waals surface area contributed by atoms with Gasteiger partial charge in [0.25, 0.3) is 0 Å². The molecule has 1 saturated heterocycles. The number of halogens is 1. The highest BCUT2D eigenvalue weighted by Gasteiger charge is 2.12. The average Bonchev–Trinajstić information content (AvgIpc) is 3.13. The predicted molar refractivity (Wildman–Crippen MR) is 110 cm³/mol. The van der Waals surface area contributed by atoms with E-state index in [2.05, 4.69) is 16.3 Å². The standard InChI is InChI=1S/C20H25N3O2.BrH/c21-20(24)22-18-14-16(10-13-23-11-4-5-12-23)8-9-19(18)25-15-17-6-2-1-3-7-17;/h1-3,6-9,14H,4-5,10-13,15H2,(H3,21,22,24);1H. The molecule has 0 radical (unpaired) electrons. The number of nitrogens with zero attached hydrogens (tertiary/aromatic N) is 1. The second kappa shape index (κ2) is 10.2. The van der Waals surface area contributed by atoms with Crippen molar-refractivity contribution in [2.45, 2.75) is 25.9 Å². The van der Waals surface area contributed by atoms with E-state index in [9.17, 15) is 4.79 Å². The van der Waals surface area contributed by atoms with Gasteiger partial charge >= 0.3 is 6.03 Å². The molecule has 0 aromatic heterocycles. The van der Waals surface area contributed by atoms with Crippen molar-refractivity contribution in [3.05, 3.63) is 59.7 Å². The second-order valence-electron chi connectivity index (χ2n) is 6.39. The minimum absolute atomic E-state index is 0. The first-order valence-electron chi connectivity index (χ1n) is 8.79. The molecule has 0 spiro atoms. The van der Waals surface area contributed by atoms with Crippen LogP contribution in [0.15, 0.2) is 48.5 Å². The Kier molecular flexibility index (Phi) is 7.94. The molecule has 0 atom stereocenters. The van der Waals surface area contributed by atoms with Crippen LogP contribution >= 0.6 is 17.0 Å². The number of carbonyl (C=O) groups excluding carboxylic acids is 1. The Morgan fingerprint density at radius 1 is 1.08 bits per heavy atom. The normalized spacial score (nSPS) is 13.8. The Morgan fingerprint density at radius 2 is 1.81 bits per heavy atom. The number of likely N-dealkylation sites (tertiary alicyclic amines) is 1. The molecule has 26 heavy (non-hydrogen) atoms. The number of urea groups is 1. The number of amides is 2. The highest BCUT2D eigenvalue weighted by molar-refractivity contribution is 8.93. The first kappa shape index (κ1) is 20.3. The molecule has 1 fully saturated rings. The summed E-state index contributed by atoms with van der Waals surface area (Å²) in [6.07, 6.45) is 3.54. The van der Waals surface area contributed by atoms with Crippen LogP contribution in [0.4, 0.5) is 10.5 Å². The van der Waals surface area contributed by atoms with Crippen LogP contribution in [0.3, 0.4) is 0 Å². The minimum Gasteiger partial charge on any atom is -0.487 e. The Labute approximate surface area is 165 Å². The quantitative estimate of drug-likeness (QED) is 0.712. The zero-order valence-corrected chi connectivity index (χ0v) is 16.5. The third-order valence-corrected chi connectivity index (χ3v) is 4.45.